The normalized spacial score (nSPS) is 32.1. The van der Waals surface area contributed by atoms with E-state index in [1.54, 1.807) is 0 Å². The summed E-state index contributed by atoms with van der Waals surface area (Å²) in [6.07, 6.45) is 0.543. The number of carbonyl (C=O) groups excluding carboxylic acids is 1. The number of rotatable bonds is 2. The Morgan fingerprint density at radius 3 is 2.79 bits per heavy atom. The van der Waals surface area contributed by atoms with E-state index in [2.05, 4.69) is 10.6 Å². The van der Waals surface area contributed by atoms with Crippen LogP contribution in [0.2, 0.25) is 0 Å². The second-order valence-corrected chi connectivity index (χ2v) is 7.74. The summed E-state index contributed by atoms with van der Waals surface area (Å²) in [6.45, 7) is 1.87. The molecule has 3 rings (SSSR count). The monoisotopic (exact) mass is 280 g/mol. The lowest BCUT2D eigenvalue weighted by atomic mass is 9.98. The van der Waals surface area contributed by atoms with Gasteiger partial charge in [0.1, 0.15) is 6.04 Å². The molecule has 0 spiro atoms. The predicted octanol–water partition coefficient (Wildman–Crippen LogP) is 0.847. The average Bonchev–Trinajstić information content (AvgIpc) is 2.78. The quantitative estimate of drug-likeness (QED) is 0.842. The van der Waals surface area contributed by atoms with Crippen molar-refractivity contribution in [1.29, 1.82) is 0 Å². The summed E-state index contributed by atoms with van der Waals surface area (Å²) in [7, 11) is -2.98. The fourth-order valence-electron chi connectivity index (χ4n) is 2.82. The third-order valence-corrected chi connectivity index (χ3v) is 5.69. The molecule has 1 aromatic rings. The van der Waals surface area contributed by atoms with Crippen molar-refractivity contribution in [3.63, 3.8) is 0 Å². The van der Waals surface area contributed by atoms with Crippen LogP contribution in [0.25, 0.3) is 0 Å². The molecule has 2 atom stereocenters. The van der Waals surface area contributed by atoms with Gasteiger partial charge in [-0.3, -0.25) is 10.1 Å². The minimum absolute atomic E-state index is 0.0892. The molecule has 1 fully saturated rings. The van der Waals surface area contributed by atoms with Gasteiger partial charge in [-0.2, -0.15) is 0 Å². The van der Waals surface area contributed by atoms with Gasteiger partial charge in [-0.05, 0) is 19.4 Å². The summed E-state index contributed by atoms with van der Waals surface area (Å²) < 4.78 is 23.2. The van der Waals surface area contributed by atoms with Crippen molar-refractivity contribution in [3.8, 4) is 0 Å². The summed E-state index contributed by atoms with van der Waals surface area (Å²) in [4.78, 5) is 12.0. The lowest BCUT2D eigenvalue weighted by molar-refractivity contribution is -0.118. The minimum atomic E-state index is -2.98. The van der Waals surface area contributed by atoms with E-state index in [0.29, 0.717) is 6.42 Å². The number of hydrogen-bond acceptors (Lipinski definition) is 4. The highest BCUT2D eigenvalue weighted by molar-refractivity contribution is 7.91. The summed E-state index contributed by atoms with van der Waals surface area (Å²) in [5, 5.41) is 6.03. The first-order valence-electron chi connectivity index (χ1n) is 6.27. The lowest BCUT2D eigenvalue weighted by Gasteiger charge is -2.27. The van der Waals surface area contributed by atoms with Gasteiger partial charge in [-0.1, -0.05) is 18.2 Å². The number of benzene rings is 1. The zero-order valence-electron chi connectivity index (χ0n) is 10.6. The Bertz CT molecular complexity index is 641. The van der Waals surface area contributed by atoms with Crippen LogP contribution in [0.1, 0.15) is 24.9 Å². The molecular formula is C13H16N2O3S. The van der Waals surface area contributed by atoms with Gasteiger partial charge in [0.05, 0.1) is 11.5 Å². The Kier molecular flexibility index (Phi) is 2.69. The Morgan fingerprint density at radius 1 is 1.37 bits per heavy atom. The maximum atomic E-state index is 12.0. The van der Waals surface area contributed by atoms with Crippen molar-refractivity contribution in [1.82, 2.24) is 5.32 Å². The molecule has 2 heterocycles. The van der Waals surface area contributed by atoms with Gasteiger partial charge in [0.15, 0.2) is 9.84 Å². The van der Waals surface area contributed by atoms with Crippen LogP contribution < -0.4 is 10.6 Å². The number of fused-ring (bicyclic) bond motifs is 1. The molecule has 5 nitrogen and oxygen atoms in total. The highest BCUT2D eigenvalue weighted by atomic mass is 32.2. The van der Waals surface area contributed by atoms with Gasteiger partial charge >= 0.3 is 0 Å². The van der Waals surface area contributed by atoms with Gasteiger partial charge in [0.25, 0.3) is 0 Å². The van der Waals surface area contributed by atoms with Crippen LogP contribution in [0.3, 0.4) is 0 Å². The fourth-order valence-corrected chi connectivity index (χ4v) is 4.93. The van der Waals surface area contributed by atoms with Crippen molar-refractivity contribution in [2.24, 2.45) is 0 Å². The van der Waals surface area contributed by atoms with Gasteiger partial charge in [-0.15, -0.1) is 0 Å². The number of nitrogens with one attached hydrogen (secondary N) is 2. The van der Waals surface area contributed by atoms with E-state index in [1.165, 1.54) is 0 Å². The van der Waals surface area contributed by atoms with Crippen LogP contribution in [-0.2, 0) is 14.6 Å². The van der Waals surface area contributed by atoms with E-state index >= 15 is 0 Å². The first kappa shape index (κ1) is 12.6. The predicted molar refractivity (Wildman–Crippen MR) is 72.6 cm³/mol. The van der Waals surface area contributed by atoms with Crippen molar-refractivity contribution < 1.29 is 13.2 Å². The first-order chi connectivity index (χ1) is 8.89. The highest BCUT2D eigenvalue weighted by Crippen LogP contribution is 2.34. The molecule has 0 aromatic heterocycles. The van der Waals surface area contributed by atoms with Crippen molar-refractivity contribution in [2.75, 3.05) is 16.8 Å². The molecule has 1 aromatic carbocycles. The van der Waals surface area contributed by atoms with Gasteiger partial charge < -0.3 is 5.32 Å². The van der Waals surface area contributed by atoms with E-state index < -0.39 is 21.4 Å². The van der Waals surface area contributed by atoms with Gasteiger partial charge in [0.2, 0.25) is 5.91 Å². The smallest absolute Gasteiger partial charge is 0.246 e. The van der Waals surface area contributed by atoms with E-state index in [0.717, 1.165) is 11.3 Å². The van der Waals surface area contributed by atoms with E-state index in [4.69, 9.17) is 0 Å². The maximum Gasteiger partial charge on any atom is 0.246 e. The van der Waals surface area contributed by atoms with Crippen LogP contribution in [0, 0.1) is 0 Å². The molecule has 1 saturated heterocycles. The number of anilines is 1. The lowest BCUT2D eigenvalue weighted by Crippen LogP contribution is -2.47. The third-order valence-electron chi connectivity index (χ3n) is 3.79. The van der Waals surface area contributed by atoms with E-state index in [9.17, 15) is 13.2 Å². The van der Waals surface area contributed by atoms with E-state index in [1.807, 2.05) is 31.2 Å². The molecule has 102 valence electrons. The number of sulfone groups is 1. The highest BCUT2D eigenvalue weighted by Gasteiger charge is 2.42. The molecule has 2 N–H and O–H groups in total. The number of carbonyl (C=O) groups is 1. The summed E-state index contributed by atoms with van der Waals surface area (Å²) >= 11 is 0. The minimum Gasteiger partial charge on any atom is -0.324 e. The molecule has 19 heavy (non-hydrogen) atoms. The molecule has 2 aliphatic heterocycles. The molecule has 2 unspecified atom stereocenters. The van der Waals surface area contributed by atoms with Crippen LogP contribution >= 0.6 is 0 Å². The molecule has 0 aliphatic carbocycles. The van der Waals surface area contributed by atoms with Crippen molar-refractivity contribution in [2.45, 2.75) is 24.9 Å². The summed E-state index contributed by atoms with van der Waals surface area (Å²) in [5.41, 5.74) is 1.16. The van der Waals surface area contributed by atoms with Crippen LogP contribution in [0.4, 0.5) is 5.69 Å². The average molecular weight is 280 g/mol. The maximum absolute atomic E-state index is 12.0. The van der Waals surface area contributed by atoms with Crippen molar-refractivity contribution >= 4 is 21.4 Å². The molecule has 0 bridgehead atoms. The molecular weight excluding hydrogens is 264 g/mol. The number of amides is 1. The Balaban J connectivity index is 1.87. The Labute approximate surface area is 112 Å². The molecule has 2 aliphatic rings. The fraction of sp³-hybridized carbons (Fsp3) is 0.462. The number of hydrogen-bond donors (Lipinski definition) is 2. The molecule has 0 saturated carbocycles. The third kappa shape index (κ3) is 2.26. The van der Waals surface area contributed by atoms with Gasteiger partial charge in [-0.25, -0.2) is 8.42 Å². The van der Waals surface area contributed by atoms with Gasteiger partial charge in [0, 0.05) is 16.8 Å². The second kappa shape index (κ2) is 4.05. The van der Waals surface area contributed by atoms with E-state index in [-0.39, 0.29) is 17.4 Å². The largest absolute Gasteiger partial charge is 0.324 e. The summed E-state index contributed by atoms with van der Waals surface area (Å²) in [5.74, 6) is 0.157. The second-order valence-electron chi connectivity index (χ2n) is 5.56. The Hall–Kier alpha value is -1.40. The standard InChI is InChI=1S/C13H16N2O3S/c1-13(6-7-19(17,18)8-13)15-11-9-4-2-3-5-10(9)14-12(11)16/h2-5,11,15H,6-8H2,1H3,(H,14,16). The van der Waals surface area contributed by atoms with Crippen LogP contribution in [-0.4, -0.2) is 31.4 Å². The molecule has 1 amide bonds. The SMILES string of the molecule is CC1(NC2C(=O)Nc3ccccc32)CCS(=O)(=O)C1. The summed E-state index contributed by atoms with van der Waals surface area (Å²) in [6, 6.07) is 7.01. The molecule has 0 radical (unpaired) electrons. The Morgan fingerprint density at radius 2 is 2.11 bits per heavy atom. The van der Waals surface area contributed by atoms with Crippen molar-refractivity contribution in [3.05, 3.63) is 29.8 Å². The first-order valence-corrected chi connectivity index (χ1v) is 8.09. The topological polar surface area (TPSA) is 75.3 Å². The van der Waals surface area contributed by atoms with Crippen LogP contribution in [0.5, 0.6) is 0 Å². The zero-order valence-corrected chi connectivity index (χ0v) is 11.5. The molecule has 6 heteroatoms. The number of para-hydroxylation sites is 1. The zero-order chi connectivity index (χ0) is 13.7. The van der Waals surface area contributed by atoms with Crippen LogP contribution in [0.15, 0.2) is 24.3 Å².